The van der Waals surface area contributed by atoms with Crippen LogP contribution in [-0.4, -0.2) is 45.3 Å². The molecular weight excluding hydrogens is 328 g/mol. The van der Waals surface area contributed by atoms with Crippen molar-refractivity contribution in [2.24, 2.45) is 0 Å². The Hall–Kier alpha value is -2.80. The molecule has 3 aromatic rings. The quantitative estimate of drug-likeness (QED) is 0.699. The van der Waals surface area contributed by atoms with Crippen LogP contribution >= 0.6 is 0 Å². The molecule has 1 amide bonds. The minimum atomic E-state index is -0.0339. The van der Waals surface area contributed by atoms with Gasteiger partial charge in [-0.2, -0.15) is 5.10 Å². The first kappa shape index (κ1) is 16.7. The van der Waals surface area contributed by atoms with Gasteiger partial charge in [-0.05, 0) is 37.2 Å². The van der Waals surface area contributed by atoms with Gasteiger partial charge in [0.2, 0.25) is 5.91 Å². The number of carbonyl (C=O) groups excluding carboxylic acids is 1. The lowest BCUT2D eigenvalue weighted by Gasteiger charge is -2.06. The third kappa shape index (κ3) is 3.57. The van der Waals surface area contributed by atoms with E-state index in [2.05, 4.69) is 26.7 Å². The molecule has 1 aliphatic rings. The number of nitrogens with zero attached hydrogens (tertiary/aromatic N) is 4. The molecule has 1 aliphatic heterocycles. The Labute approximate surface area is 151 Å². The second kappa shape index (κ2) is 7.61. The SMILES string of the molecule is O=C(Cc1ccccn1)NCCn1nc(C2CCNC2)c2cccnc21. The molecule has 4 heterocycles. The summed E-state index contributed by atoms with van der Waals surface area (Å²) in [5, 5.41) is 12.3. The molecule has 1 unspecified atom stereocenters. The normalized spacial score (nSPS) is 16.8. The molecule has 0 saturated carbocycles. The molecule has 0 aliphatic carbocycles. The van der Waals surface area contributed by atoms with Gasteiger partial charge in [0.15, 0.2) is 5.65 Å². The zero-order chi connectivity index (χ0) is 17.8. The van der Waals surface area contributed by atoms with E-state index in [4.69, 9.17) is 5.10 Å². The van der Waals surface area contributed by atoms with Crippen LogP contribution in [0, 0.1) is 0 Å². The Morgan fingerprint density at radius 3 is 2.96 bits per heavy atom. The fourth-order valence-electron chi connectivity index (χ4n) is 3.41. The topological polar surface area (TPSA) is 84.7 Å². The van der Waals surface area contributed by atoms with Crippen molar-refractivity contribution in [3.05, 3.63) is 54.1 Å². The first-order valence-corrected chi connectivity index (χ1v) is 9.00. The number of nitrogens with one attached hydrogen (secondary N) is 2. The molecule has 2 N–H and O–H groups in total. The number of pyridine rings is 2. The van der Waals surface area contributed by atoms with E-state index in [1.165, 1.54) is 0 Å². The van der Waals surface area contributed by atoms with Crippen LogP contribution in [0.15, 0.2) is 42.7 Å². The van der Waals surface area contributed by atoms with E-state index in [0.29, 0.717) is 19.0 Å². The summed E-state index contributed by atoms with van der Waals surface area (Å²) in [7, 11) is 0. The number of hydrogen-bond donors (Lipinski definition) is 2. The highest BCUT2D eigenvalue weighted by atomic mass is 16.1. The lowest BCUT2D eigenvalue weighted by Crippen LogP contribution is -2.29. The summed E-state index contributed by atoms with van der Waals surface area (Å²) in [5.74, 6) is 0.398. The predicted molar refractivity (Wildman–Crippen MR) is 98.7 cm³/mol. The number of amides is 1. The highest BCUT2D eigenvalue weighted by molar-refractivity contribution is 5.79. The fraction of sp³-hybridized carbons (Fsp3) is 0.368. The van der Waals surface area contributed by atoms with E-state index in [-0.39, 0.29) is 12.3 Å². The highest BCUT2D eigenvalue weighted by Gasteiger charge is 2.23. The van der Waals surface area contributed by atoms with Gasteiger partial charge in [-0.25, -0.2) is 9.67 Å². The van der Waals surface area contributed by atoms with Crippen LogP contribution < -0.4 is 10.6 Å². The molecular formula is C19H22N6O. The largest absolute Gasteiger partial charge is 0.354 e. The summed E-state index contributed by atoms with van der Waals surface area (Å²) in [6.07, 6.45) is 4.88. The van der Waals surface area contributed by atoms with Crippen molar-refractivity contribution in [2.45, 2.75) is 25.3 Å². The van der Waals surface area contributed by atoms with Gasteiger partial charge in [-0.3, -0.25) is 9.78 Å². The molecule has 7 nitrogen and oxygen atoms in total. The van der Waals surface area contributed by atoms with Crippen LogP contribution in [0.4, 0.5) is 0 Å². The van der Waals surface area contributed by atoms with Gasteiger partial charge in [-0.1, -0.05) is 6.07 Å². The summed E-state index contributed by atoms with van der Waals surface area (Å²) in [4.78, 5) is 20.8. The molecule has 7 heteroatoms. The van der Waals surface area contributed by atoms with E-state index in [1.807, 2.05) is 28.9 Å². The maximum absolute atomic E-state index is 12.1. The predicted octanol–water partition coefficient (Wildman–Crippen LogP) is 1.26. The van der Waals surface area contributed by atoms with E-state index < -0.39 is 0 Å². The smallest absolute Gasteiger partial charge is 0.226 e. The van der Waals surface area contributed by atoms with Crippen LogP contribution in [0.25, 0.3) is 11.0 Å². The van der Waals surface area contributed by atoms with E-state index in [0.717, 1.165) is 41.9 Å². The molecule has 3 aromatic heterocycles. The van der Waals surface area contributed by atoms with E-state index >= 15 is 0 Å². The number of aromatic nitrogens is 4. The Morgan fingerprint density at radius 2 is 2.15 bits per heavy atom. The zero-order valence-electron chi connectivity index (χ0n) is 14.6. The molecule has 0 spiro atoms. The molecule has 4 rings (SSSR count). The summed E-state index contributed by atoms with van der Waals surface area (Å²) in [6, 6.07) is 9.62. The van der Waals surface area contributed by atoms with Crippen LogP contribution in [0.3, 0.4) is 0 Å². The van der Waals surface area contributed by atoms with Crippen LogP contribution in [0.2, 0.25) is 0 Å². The average molecular weight is 350 g/mol. The molecule has 1 saturated heterocycles. The number of rotatable bonds is 6. The van der Waals surface area contributed by atoms with Crippen molar-refractivity contribution in [3.8, 4) is 0 Å². The molecule has 1 fully saturated rings. The van der Waals surface area contributed by atoms with Gasteiger partial charge < -0.3 is 10.6 Å². The molecule has 134 valence electrons. The molecule has 0 radical (unpaired) electrons. The lowest BCUT2D eigenvalue weighted by atomic mass is 10.0. The number of carbonyl (C=O) groups is 1. The van der Waals surface area contributed by atoms with Crippen molar-refractivity contribution < 1.29 is 4.79 Å². The Morgan fingerprint density at radius 1 is 1.23 bits per heavy atom. The zero-order valence-corrected chi connectivity index (χ0v) is 14.6. The maximum atomic E-state index is 12.1. The number of hydrogen-bond acceptors (Lipinski definition) is 5. The fourth-order valence-corrected chi connectivity index (χ4v) is 3.41. The first-order chi connectivity index (χ1) is 12.8. The van der Waals surface area contributed by atoms with Crippen molar-refractivity contribution in [1.82, 2.24) is 30.4 Å². The van der Waals surface area contributed by atoms with Crippen LogP contribution in [0.1, 0.15) is 23.7 Å². The van der Waals surface area contributed by atoms with Gasteiger partial charge in [0.25, 0.3) is 0 Å². The molecule has 0 aromatic carbocycles. The molecule has 0 bridgehead atoms. The van der Waals surface area contributed by atoms with Crippen molar-refractivity contribution >= 4 is 16.9 Å². The summed E-state index contributed by atoms with van der Waals surface area (Å²) >= 11 is 0. The molecule has 26 heavy (non-hydrogen) atoms. The maximum Gasteiger partial charge on any atom is 0.226 e. The second-order valence-electron chi connectivity index (χ2n) is 6.52. The minimum absolute atomic E-state index is 0.0339. The van der Waals surface area contributed by atoms with Crippen molar-refractivity contribution in [2.75, 3.05) is 19.6 Å². The van der Waals surface area contributed by atoms with Gasteiger partial charge in [0, 0.05) is 42.5 Å². The van der Waals surface area contributed by atoms with Crippen LogP contribution in [-0.2, 0) is 17.8 Å². The molecule has 1 atom stereocenters. The highest BCUT2D eigenvalue weighted by Crippen LogP contribution is 2.27. The standard InChI is InChI=1S/C19H22N6O/c26-17(12-15-4-1-2-7-21-15)22-10-11-25-19-16(5-3-8-23-19)18(24-25)14-6-9-20-13-14/h1-5,7-8,14,20H,6,9-13H2,(H,22,26). The third-order valence-corrected chi connectivity index (χ3v) is 4.70. The second-order valence-corrected chi connectivity index (χ2v) is 6.52. The Kier molecular flexibility index (Phi) is 4.88. The van der Waals surface area contributed by atoms with Crippen molar-refractivity contribution in [3.63, 3.8) is 0 Å². The summed E-state index contributed by atoms with van der Waals surface area (Å²) in [6.45, 7) is 3.10. The summed E-state index contributed by atoms with van der Waals surface area (Å²) < 4.78 is 1.91. The van der Waals surface area contributed by atoms with Crippen molar-refractivity contribution in [1.29, 1.82) is 0 Å². The van der Waals surface area contributed by atoms with Gasteiger partial charge >= 0.3 is 0 Å². The Balaban J connectivity index is 1.42. The van der Waals surface area contributed by atoms with Crippen LogP contribution in [0.5, 0.6) is 0 Å². The number of fused-ring (bicyclic) bond motifs is 1. The van der Waals surface area contributed by atoms with Gasteiger partial charge in [-0.15, -0.1) is 0 Å². The minimum Gasteiger partial charge on any atom is -0.354 e. The van der Waals surface area contributed by atoms with Gasteiger partial charge in [0.1, 0.15) is 0 Å². The van der Waals surface area contributed by atoms with E-state index in [9.17, 15) is 4.79 Å². The summed E-state index contributed by atoms with van der Waals surface area (Å²) in [5.41, 5.74) is 2.76. The monoisotopic (exact) mass is 350 g/mol. The van der Waals surface area contributed by atoms with E-state index in [1.54, 1.807) is 12.4 Å². The average Bonchev–Trinajstić information content (AvgIpc) is 3.31. The lowest BCUT2D eigenvalue weighted by molar-refractivity contribution is -0.120. The Bertz CT molecular complexity index is 885. The first-order valence-electron chi connectivity index (χ1n) is 9.00. The third-order valence-electron chi connectivity index (χ3n) is 4.70. The van der Waals surface area contributed by atoms with Gasteiger partial charge in [0.05, 0.1) is 18.7 Å².